The molecular formula is C15H14Cl3NO. The van der Waals surface area contributed by atoms with Gasteiger partial charge < -0.3 is 10.1 Å². The maximum atomic E-state index is 6.19. The maximum Gasteiger partial charge on any atom is 0.142 e. The first-order valence-electron chi connectivity index (χ1n) is 6.11. The lowest BCUT2D eigenvalue weighted by Gasteiger charge is -2.14. The Kier molecular flexibility index (Phi) is 5.55. The second kappa shape index (κ2) is 7.19. The van der Waals surface area contributed by atoms with E-state index in [-0.39, 0.29) is 0 Å². The fraction of sp³-hybridized carbons (Fsp3) is 0.200. The first kappa shape index (κ1) is 15.5. The van der Waals surface area contributed by atoms with E-state index in [1.165, 1.54) is 0 Å². The van der Waals surface area contributed by atoms with E-state index in [9.17, 15) is 0 Å². The van der Waals surface area contributed by atoms with E-state index in [0.29, 0.717) is 34.0 Å². The average molecular weight is 331 g/mol. The fourth-order valence-electron chi connectivity index (χ4n) is 1.85. The van der Waals surface area contributed by atoms with Gasteiger partial charge in [0, 0.05) is 17.7 Å². The van der Waals surface area contributed by atoms with Gasteiger partial charge in [0.1, 0.15) is 12.4 Å². The van der Waals surface area contributed by atoms with E-state index >= 15 is 0 Å². The van der Waals surface area contributed by atoms with Crippen molar-refractivity contribution in [1.82, 2.24) is 5.32 Å². The Morgan fingerprint density at radius 1 is 0.950 bits per heavy atom. The van der Waals surface area contributed by atoms with Crippen molar-refractivity contribution in [2.45, 2.75) is 13.2 Å². The second-order valence-corrected chi connectivity index (χ2v) is 5.45. The SMILES string of the molecule is CNCc1cccc(Cl)c1OCc1cccc(Cl)c1Cl. The second-order valence-electron chi connectivity index (χ2n) is 4.26. The number of halogens is 3. The summed E-state index contributed by atoms with van der Waals surface area (Å²) >= 11 is 18.3. The van der Waals surface area contributed by atoms with Crippen LogP contribution in [0.25, 0.3) is 0 Å². The van der Waals surface area contributed by atoms with Crippen LogP contribution in [0.3, 0.4) is 0 Å². The predicted octanol–water partition coefficient (Wildman–Crippen LogP) is 4.95. The molecule has 106 valence electrons. The first-order chi connectivity index (χ1) is 9.63. The molecule has 0 amide bonds. The van der Waals surface area contributed by atoms with Gasteiger partial charge in [-0.05, 0) is 19.2 Å². The zero-order valence-corrected chi connectivity index (χ0v) is 13.2. The number of para-hydroxylation sites is 1. The molecule has 0 heterocycles. The first-order valence-corrected chi connectivity index (χ1v) is 7.24. The van der Waals surface area contributed by atoms with E-state index < -0.39 is 0 Å². The van der Waals surface area contributed by atoms with Crippen molar-refractivity contribution in [1.29, 1.82) is 0 Å². The Morgan fingerprint density at radius 2 is 1.60 bits per heavy atom. The lowest BCUT2D eigenvalue weighted by Crippen LogP contribution is -2.08. The molecule has 5 heteroatoms. The fourth-order valence-corrected chi connectivity index (χ4v) is 2.48. The molecule has 0 radical (unpaired) electrons. The monoisotopic (exact) mass is 329 g/mol. The van der Waals surface area contributed by atoms with E-state index in [0.717, 1.165) is 11.1 Å². The Hall–Kier alpha value is -0.930. The largest absolute Gasteiger partial charge is 0.487 e. The normalized spacial score (nSPS) is 10.6. The number of ether oxygens (including phenoxy) is 1. The van der Waals surface area contributed by atoms with Gasteiger partial charge in [0.05, 0.1) is 15.1 Å². The summed E-state index contributed by atoms with van der Waals surface area (Å²) in [6.45, 7) is 0.999. The van der Waals surface area contributed by atoms with Crippen LogP contribution in [0, 0.1) is 0 Å². The summed E-state index contributed by atoms with van der Waals surface area (Å²) in [5.41, 5.74) is 1.83. The maximum absolute atomic E-state index is 6.19. The van der Waals surface area contributed by atoms with Gasteiger partial charge >= 0.3 is 0 Å². The Morgan fingerprint density at radius 3 is 2.30 bits per heavy atom. The van der Waals surface area contributed by atoms with Crippen LogP contribution in [-0.4, -0.2) is 7.05 Å². The van der Waals surface area contributed by atoms with Crippen LogP contribution in [0.15, 0.2) is 36.4 Å². The lowest BCUT2D eigenvalue weighted by molar-refractivity contribution is 0.302. The number of rotatable bonds is 5. The topological polar surface area (TPSA) is 21.3 Å². The average Bonchev–Trinajstić information content (AvgIpc) is 2.43. The van der Waals surface area contributed by atoms with Crippen molar-refractivity contribution in [3.8, 4) is 5.75 Å². The molecule has 2 nitrogen and oxygen atoms in total. The van der Waals surface area contributed by atoms with Gasteiger partial charge in [-0.1, -0.05) is 59.1 Å². The summed E-state index contributed by atoms with van der Waals surface area (Å²) in [6, 6.07) is 11.1. The van der Waals surface area contributed by atoms with Gasteiger partial charge in [-0.15, -0.1) is 0 Å². The molecule has 0 spiro atoms. The highest BCUT2D eigenvalue weighted by atomic mass is 35.5. The van der Waals surface area contributed by atoms with Crippen molar-refractivity contribution in [2.24, 2.45) is 0 Å². The van der Waals surface area contributed by atoms with Gasteiger partial charge in [0.25, 0.3) is 0 Å². The molecule has 0 atom stereocenters. The van der Waals surface area contributed by atoms with Crippen LogP contribution < -0.4 is 10.1 Å². The zero-order valence-electron chi connectivity index (χ0n) is 10.9. The Bertz CT molecular complexity index is 602. The number of hydrogen-bond donors (Lipinski definition) is 1. The van der Waals surface area contributed by atoms with Crippen LogP contribution in [0.4, 0.5) is 0 Å². The summed E-state index contributed by atoms with van der Waals surface area (Å²) in [5.74, 6) is 0.666. The van der Waals surface area contributed by atoms with Crippen LogP contribution in [-0.2, 0) is 13.2 Å². The van der Waals surface area contributed by atoms with Crippen molar-refractivity contribution >= 4 is 34.8 Å². The summed E-state index contributed by atoms with van der Waals surface area (Å²) < 4.78 is 5.83. The highest BCUT2D eigenvalue weighted by Gasteiger charge is 2.10. The van der Waals surface area contributed by atoms with E-state index in [1.807, 2.05) is 31.3 Å². The molecule has 0 aliphatic heterocycles. The van der Waals surface area contributed by atoms with Crippen LogP contribution in [0.2, 0.25) is 15.1 Å². The molecule has 0 bridgehead atoms. The van der Waals surface area contributed by atoms with Gasteiger partial charge in [-0.2, -0.15) is 0 Å². The minimum Gasteiger partial charge on any atom is -0.487 e. The van der Waals surface area contributed by atoms with Crippen molar-refractivity contribution in [2.75, 3.05) is 7.05 Å². The summed E-state index contributed by atoms with van der Waals surface area (Å²) in [7, 11) is 1.87. The summed E-state index contributed by atoms with van der Waals surface area (Å²) in [6.07, 6.45) is 0. The molecule has 1 N–H and O–H groups in total. The van der Waals surface area contributed by atoms with E-state index in [4.69, 9.17) is 39.5 Å². The van der Waals surface area contributed by atoms with Gasteiger partial charge in [0.2, 0.25) is 0 Å². The zero-order chi connectivity index (χ0) is 14.5. The Balaban J connectivity index is 2.20. The highest BCUT2D eigenvalue weighted by Crippen LogP contribution is 2.31. The molecule has 0 aromatic heterocycles. The minimum atomic E-state index is 0.319. The highest BCUT2D eigenvalue weighted by molar-refractivity contribution is 6.42. The molecule has 2 aromatic carbocycles. The molecule has 2 rings (SSSR count). The molecule has 0 fully saturated rings. The molecular weight excluding hydrogens is 317 g/mol. The quantitative estimate of drug-likeness (QED) is 0.838. The van der Waals surface area contributed by atoms with Gasteiger partial charge in [0.15, 0.2) is 0 Å². The number of nitrogens with one attached hydrogen (secondary N) is 1. The van der Waals surface area contributed by atoms with E-state index in [2.05, 4.69) is 5.32 Å². The smallest absolute Gasteiger partial charge is 0.142 e. The minimum absolute atomic E-state index is 0.319. The molecule has 0 aliphatic rings. The third-order valence-electron chi connectivity index (χ3n) is 2.82. The molecule has 0 unspecified atom stereocenters. The predicted molar refractivity (Wildman–Crippen MR) is 85.0 cm³/mol. The third kappa shape index (κ3) is 3.58. The van der Waals surface area contributed by atoms with Gasteiger partial charge in [-0.25, -0.2) is 0 Å². The number of hydrogen-bond acceptors (Lipinski definition) is 2. The molecule has 20 heavy (non-hydrogen) atoms. The van der Waals surface area contributed by atoms with E-state index in [1.54, 1.807) is 12.1 Å². The lowest BCUT2D eigenvalue weighted by atomic mass is 10.2. The molecule has 0 aliphatic carbocycles. The summed E-state index contributed by atoms with van der Waals surface area (Å²) in [4.78, 5) is 0. The third-order valence-corrected chi connectivity index (χ3v) is 3.98. The molecule has 0 saturated carbocycles. The summed E-state index contributed by atoms with van der Waals surface area (Å²) in [5, 5.41) is 4.69. The van der Waals surface area contributed by atoms with Crippen molar-refractivity contribution in [3.05, 3.63) is 62.6 Å². The molecule has 0 saturated heterocycles. The van der Waals surface area contributed by atoms with Crippen molar-refractivity contribution in [3.63, 3.8) is 0 Å². The Labute approximate surface area is 133 Å². The van der Waals surface area contributed by atoms with Crippen molar-refractivity contribution < 1.29 is 4.74 Å². The van der Waals surface area contributed by atoms with Crippen LogP contribution in [0.5, 0.6) is 5.75 Å². The van der Waals surface area contributed by atoms with Crippen LogP contribution >= 0.6 is 34.8 Å². The standard InChI is InChI=1S/C15H14Cl3NO/c1-19-8-10-4-2-7-13(17)15(10)20-9-11-5-3-6-12(16)14(11)18/h2-7,19H,8-9H2,1H3. The van der Waals surface area contributed by atoms with Crippen LogP contribution in [0.1, 0.15) is 11.1 Å². The number of benzene rings is 2. The molecule has 2 aromatic rings. The van der Waals surface area contributed by atoms with Gasteiger partial charge in [-0.3, -0.25) is 0 Å².